The van der Waals surface area contributed by atoms with E-state index in [9.17, 15) is 0 Å². The standard InChI is InChI=1S/C13H21NO2/c1-9-6-5-7-10(2)11(9)8-12(14)13(15-3)16-4/h5-7,12-13H,8,14H2,1-4H3. The van der Waals surface area contributed by atoms with Crippen LogP contribution in [0.1, 0.15) is 16.7 Å². The van der Waals surface area contributed by atoms with Crippen molar-refractivity contribution in [3.8, 4) is 0 Å². The second kappa shape index (κ2) is 5.99. The fourth-order valence-corrected chi connectivity index (χ4v) is 1.95. The van der Waals surface area contributed by atoms with Crippen LogP contribution < -0.4 is 5.73 Å². The van der Waals surface area contributed by atoms with Crippen molar-refractivity contribution in [3.63, 3.8) is 0 Å². The Morgan fingerprint density at radius 3 is 2.06 bits per heavy atom. The molecule has 1 aromatic carbocycles. The van der Waals surface area contributed by atoms with Gasteiger partial charge in [0, 0.05) is 14.2 Å². The SMILES string of the molecule is COC(OC)C(N)Cc1c(C)cccc1C. The summed E-state index contributed by atoms with van der Waals surface area (Å²) >= 11 is 0. The summed E-state index contributed by atoms with van der Waals surface area (Å²) in [5.41, 5.74) is 9.88. The van der Waals surface area contributed by atoms with E-state index in [1.165, 1.54) is 16.7 Å². The first-order valence-corrected chi connectivity index (χ1v) is 5.46. The summed E-state index contributed by atoms with van der Waals surface area (Å²) in [5, 5.41) is 0. The highest BCUT2D eigenvalue weighted by atomic mass is 16.7. The van der Waals surface area contributed by atoms with Crippen molar-refractivity contribution in [3.05, 3.63) is 34.9 Å². The average Bonchev–Trinajstić information content (AvgIpc) is 2.25. The number of ether oxygens (including phenoxy) is 2. The molecule has 0 spiro atoms. The minimum atomic E-state index is -0.348. The van der Waals surface area contributed by atoms with Gasteiger partial charge in [-0.2, -0.15) is 0 Å². The lowest BCUT2D eigenvalue weighted by atomic mass is 9.96. The van der Waals surface area contributed by atoms with Crippen LogP contribution in [0.4, 0.5) is 0 Å². The third-order valence-electron chi connectivity index (χ3n) is 2.90. The second-order valence-electron chi connectivity index (χ2n) is 4.08. The average molecular weight is 223 g/mol. The Bertz CT molecular complexity index is 314. The van der Waals surface area contributed by atoms with Gasteiger partial charge in [0.15, 0.2) is 6.29 Å². The van der Waals surface area contributed by atoms with Gasteiger partial charge in [0.2, 0.25) is 0 Å². The summed E-state index contributed by atoms with van der Waals surface area (Å²) in [6.07, 6.45) is 0.421. The largest absolute Gasteiger partial charge is 0.354 e. The number of hydrogen-bond donors (Lipinski definition) is 1. The van der Waals surface area contributed by atoms with Gasteiger partial charge in [0.1, 0.15) is 0 Å². The molecule has 1 atom stereocenters. The third kappa shape index (κ3) is 3.04. The first-order valence-electron chi connectivity index (χ1n) is 5.46. The molecular formula is C13H21NO2. The van der Waals surface area contributed by atoms with Gasteiger partial charge in [0.05, 0.1) is 6.04 Å². The zero-order chi connectivity index (χ0) is 12.1. The molecule has 1 aromatic rings. The van der Waals surface area contributed by atoms with Gasteiger partial charge in [-0.3, -0.25) is 0 Å². The van der Waals surface area contributed by atoms with Crippen LogP contribution in [0.5, 0.6) is 0 Å². The minimum absolute atomic E-state index is 0.144. The molecule has 2 N–H and O–H groups in total. The molecule has 0 bridgehead atoms. The maximum Gasteiger partial charge on any atom is 0.172 e. The zero-order valence-corrected chi connectivity index (χ0v) is 10.5. The quantitative estimate of drug-likeness (QED) is 0.774. The highest BCUT2D eigenvalue weighted by molar-refractivity contribution is 5.34. The highest BCUT2D eigenvalue weighted by Crippen LogP contribution is 2.16. The van der Waals surface area contributed by atoms with Crippen LogP contribution >= 0.6 is 0 Å². The van der Waals surface area contributed by atoms with Crippen LogP contribution in [0, 0.1) is 13.8 Å². The van der Waals surface area contributed by atoms with Crippen molar-refractivity contribution < 1.29 is 9.47 Å². The predicted octanol–water partition coefficient (Wildman–Crippen LogP) is 1.79. The van der Waals surface area contributed by atoms with Gasteiger partial charge in [0.25, 0.3) is 0 Å². The van der Waals surface area contributed by atoms with Crippen LogP contribution in [-0.4, -0.2) is 26.6 Å². The topological polar surface area (TPSA) is 44.5 Å². The van der Waals surface area contributed by atoms with E-state index in [0.717, 1.165) is 6.42 Å². The second-order valence-corrected chi connectivity index (χ2v) is 4.08. The monoisotopic (exact) mass is 223 g/mol. The molecule has 1 unspecified atom stereocenters. The van der Waals surface area contributed by atoms with E-state index in [-0.39, 0.29) is 12.3 Å². The molecule has 0 heterocycles. The highest BCUT2D eigenvalue weighted by Gasteiger charge is 2.18. The number of nitrogens with two attached hydrogens (primary N) is 1. The predicted molar refractivity (Wildman–Crippen MR) is 65.4 cm³/mol. The molecule has 0 saturated heterocycles. The van der Waals surface area contributed by atoms with E-state index >= 15 is 0 Å². The van der Waals surface area contributed by atoms with Crippen molar-refractivity contribution >= 4 is 0 Å². The van der Waals surface area contributed by atoms with Crippen molar-refractivity contribution in [1.29, 1.82) is 0 Å². The molecule has 0 amide bonds. The van der Waals surface area contributed by atoms with E-state index < -0.39 is 0 Å². The molecule has 0 aromatic heterocycles. The van der Waals surface area contributed by atoms with Crippen LogP contribution in [0.15, 0.2) is 18.2 Å². The number of benzene rings is 1. The Hall–Kier alpha value is -0.900. The molecule has 0 radical (unpaired) electrons. The number of rotatable bonds is 5. The molecule has 0 aliphatic rings. The van der Waals surface area contributed by atoms with E-state index in [1.54, 1.807) is 14.2 Å². The maximum atomic E-state index is 6.06. The summed E-state index contributed by atoms with van der Waals surface area (Å²) in [4.78, 5) is 0. The first-order chi connectivity index (χ1) is 7.60. The van der Waals surface area contributed by atoms with Gasteiger partial charge in [-0.05, 0) is 37.0 Å². The summed E-state index contributed by atoms with van der Waals surface area (Å²) in [6, 6.07) is 6.12. The van der Waals surface area contributed by atoms with Crippen molar-refractivity contribution in [1.82, 2.24) is 0 Å². The molecule has 90 valence electrons. The Morgan fingerprint density at radius 2 is 1.62 bits per heavy atom. The van der Waals surface area contributed by atoms with Gasteiger partial charge >= 0.3 is 0 Å². The van der Waals surface area contributed by atoms with E-state index in [1.807, 2.05) is 0 Å². The van der Waals surface area contributed by atoms with Gasteiger partial charge in [-0.15, -0.1) is 0 Å². The van der Waals surface area contributed by atoms with Crippen LogP contribution in [0.2, 0.25) is 0 Å². The Morgan fingerprint density at radius 1 is 1.12 bits per heavy atom. The number of hydrogen-bond acceptors (Lipinski definition) is 3. The lowest BCUT2D eigenvalue weighted by molar-refractivity contribution is -0.115. The molecular weight excluding hydrogens is 202 g/mol. The maximum absolute atomic E-state index is 6.06. The molecule has 3 nitrogen and oxygen atoms in total. The van der Waals surface area contributed by atoms with E-state index in [4.69, 9.17) is 15.2 Å². The molecule has 3 heteroatoms. The fourth-order valence-electron chi connectivity index (χ4n) is 1.95. The summed E-state index contributed by atoms with van der Waals surface area (Å²) in [7, 11) is 3.22. The van der Waals surface area contributed by atoms with Crippen LogP contribution in [0.25, 0.3) is 0 Å². The molecule has 0 aliphatic heterocycles. The fraction of sp³-hybridized carbons (Fsp3) is 0.538. The van der Waals surface area contributed by atoms with Gasteiger partial charge in [-0.25, -0.2) is 0 Å². The Kier molecular flexibility index (Phi) is 4.93. The Labute approximate surface area is 97.6 Å². The first kappa shape index (κ1) is 13.2. The van der Waals surface area contributed by atoms with Crippen molar-refractivity contribution in [2.45, 2.75) is 32.6 Å². The smallest absolute Gasteiger partial charge is 0.172 e. The van der Waals surface area contributed by atoms with Gasteiger partial charge in [-0.1, -0.05) is 18.2 Å². The van der Waals surface area contributed by atoms with Gasteiger partial charge < -0.3 is 15.2 Å². The Balaban J connectivity index is 2.80. The van der Waals surface area contributed by atoms with Crippen LogP contribution in [-0.2, 0) is 15.9 Å². The molecule has 16 heavy (non-hydrogen) atoms. The lowest BCUT2D eigenvalue weighted by Crippen LogP contribution is -2.39. The molecule has 0 aliphatic carbocycles. The van der Waals surface area contributed by atoms with Crippen molar-refractivity contribution in [2.24, 2.45) is 5.73 Å². The van der Waals surface area contributed by atoms with Crippen LogP contribution in [0.3, 0.4) is 0 Å². The molecule has 0 fully saturated rings. The normalized spacial score (nSPS) is 13.1. The summed E-state index contributed by atoms with van der Waals surface area (Å²) in [5.74, 6) is 0. The molecule has 0 saturated carbocycles. The van der Waals surface area contributed by atoms with E-state index in [2.05, 4.69) is 32.0 Å². The minimum Gasteiger partial charge on any atom is -0.354 e. The third-order valence-corrected chi connectivity index (χ3v) is 2.90. The zero-order valence-electron chi connectivity index (χ0n) is 10.5. The van der Waals surface area contributed by atoms with E-state index in [0.29, 0.717) is 0 Å². The van der Waals surface area contributed by atoms with Crippen molar-refractivity contribution in [2.75, 3.05) is 14.2 Å². The summed E-state index contributed by atoms with van der Waals surface area (Å²) < 4.78 is 10.3. The molecule has 1 rings (SSSR count). The lowest BCUT2D eigenvalue weighted by Gasteiger charge is -2.22. The summed E-state index contributed by atoms with van der Waals surface area (Å²) in [6.45, 7) is 4.20. The number of methoxy groups -OCH3 is 2. The number of aryl methyl sites for hydroxylation is 2.